The normalized spacial score (nSPS) is 14.8. The van der Waals surface area contributed by atoms with E-state index in [2.05, 4.69) is 47.2 Å². The Bertz CT molecular complexity index is 2130. The number of phenols is 1. The molecule has 8 atom stereocenters. The molecule has 1 aromatic heterocycles. The van der Waals surface area contributed by atoms with Crippen LogP contribution in [0.15, 0.2) is 67.1 Å². The van der Waals surface area contributed by atoms with E-state index in [1.54, 1.807) is 57.2 Å². The zero-order chi connectivity index (χ0) is 50.7. The van der Waals surface area contributed by atoms with Crippen LogP contribution in [0.1, 0.15) is 98.4 Å². The maximum atomic E-state index is 14.4. The minimum absolute atomic E-state index is 0.0249. The van der Waals surface area contributed by atoms with Crippen LogP contribution >= 0.6 is 0 Å². The number of H-pyrrole nitrogens is 1. The van der Waals surface area contributed by atoms with Gasteiger partial charge in [-0.3, -0.25) is 38.4 Å². The molecule has 0 saturated heterocycles. The summed E-state index contributed by atoms with van der Waals surface area (Å²) >= 11 is 0. The van der Waals surface area contributed by atoms with E-state index in [1.165, 1.54) is 31.6 Å². The van der Waals surface area contributed by atoms with Crippen molar-refractivity contribution in [2.75, 3.05) is 0 Å². The van der Waals surface area contributed by atoms with Crippen LogP contribution in [-0.2, 0) is 57.6 Å². The highest BCUT2D eigenvalue weighted by Gasteiger charge is 2.36. The SMILES string of the molecule is CC[C@H](C)[C@H](NC(=O)[C@@H](NC(=O)[C@H](Cc1ccc(O)cc1)NC(=O)[C@H](CC(C)C)NC(=O)[C@H](Cc1ccccc1)NC(=O)[C@H](CC(C)C)NC(C)=O)C(C)C)C(=O)N[C@@H](Cc1cnc[nH]1)C(N)=O. The number of rotatable bonds is 27. The van der Waals surface area contributed by atoms with Gasteiger partial charge in [-0.25, -0.2) is 4.98 Å². The van der Waals surface area contributed by atoms with Gasteiger partial charge in [0.2, 0.25) is 47.3 Å². The Morgan fingerprint density at radius 3 is 1.50 bits per heavy atom. The number of benzene rings is 2. The quantitative estimate of drug-likeness (QED) is 0.0529. The summed E-state index contributed by atoms with van der Waals surface area (Å²) in [7, 11) is 0. The predicted octanol–water partition coefficient (Wildman–Crippen LogP) is 1.84. The molecule has 0 unspecified atom stereocenters. The molecule has 11 N–H and O–H groups in total. The minimum Gasteiger partial charge on any atom is -0.508 e. The first-order chi connectivity index (χ1) is 32.1. The van der Waals surface area contributed by atoms with Gasteiger partial charge in [0, 0.05) is 38.1 Å². The maximum absolute atomic E-state index is 14.4. The Labute approximate surface area is 399 Å². The largest absolute Gasteiger partial charge is 0.508 e. The second-order valence-electron chi connectivity index (χ2n) is 18.6. The van der Waals surface area contributed by atoms with Crippen molar-refractivity contribution in [2.24, 2.45) is 29.4 Å². The first-order valence-electron chi connectivity index (χ1n) is 23.3. The Hall–Kier alpha value is -6.79. The molecule has 0 radical (unpaired) electrons. The number of amides is 8. The molecule has 0 fully saturated rings. The topological polar surface area (TPSA) is 296 Å². The first kappa shape index (κ1) is 55.5. The smallest absolute Gasteiger partial charge is 0.243 e. The second kappa shape index (κ2) is 27.1. The van der Waals surface area contributed by atoms with Crippen molar-refractivity contribution in [1.82, 2.24) is 47.2 Å². The Morgan fingerprint density at radius 2 is 1.03 bits per heavy atom. The number of nitrogens with one attached hydrogen (secondary N) is 8. The second-order valence-corrected chi connectivity index (χ2v) is 18.6. The summed E-state index contributed by atoms with van der Waals surface area (Å²) in [6, 6.07) is 6.90. The summed E-state index contributed by atoms with van der Waals surface area (Å²) in [5, 5.41) is 29.2. The van der Waals surface area contributed by atoms with Gasteiger partial charge in [-0.05, 0) is 59.8 Å². The van der Waals surface area contributed by atoms with Crippen molar-refractivity contribution < 1.29 is 43.5 Å². The Kier molecular flexibility index (Phi) is 22.2. The van der Waals surface area contributed by atoms with Crippen LogP contribution in [0, 0.1) is 23.7 Å². The van der Waals surface area contributed by atoms with Gasteiger partial charge in [0.05, 0.1) is 6.33 Å². The molecule has 8 amide bonds. The molecule has 2 aromatic carbocycles. The van der Waals surface area contributed by atoms with Gasteiger partial charge >= 0.3 is 0 Å². The number of carbonyl (C=O) groups excluding carboxylic acids is 8. The van der Waals surface area contributed by atoms with E-state index in [1.807, 2.05) is 40.7 Å². The lowest BCUT2D eigenvalue weighted by molar-refractivity contribution is -0.136. The lowest BCUT2D eigenvalue weighted by Crippen LogP contribution is -2.62. The molecular formula is C49H72N10O9. The molecule has 0 aliphatic heterocycles. The van der Waals surface area contributed by atoms with E-state index >= 15 is 0 Å². The fraction of sp³-hybridized carbons (Fsp3) is 0.531. The van der Waals surface area contributed by atoms with Crippen molar-refractivity contribution in [3.63, 3.8) is 0 Å². The van der Waals surface area contributed by atoms with E-state index in [0.29, 0.717) is 24.1 Å². The first-order valence-corrected chi connectivity index (χ1v) is 23.3. The van der Waals surface area contributed by atoms with Crippen LogP contribution in [0.3, 0.4) is 0 Å². The van der Waals surface area contributed by atoms with Gasteiger partial charge in [0.25, 0.3) is 0 Å². The molecule has 19 heteroatoms. The standard InChI is InChI=1S/C49H72N10O9/c1-10-30(8)42(49(68)54-36(43(50)62)24-34-25-51-26-52-34)59-48(67)41(29(6)7)58-47(66)40(23-33-16-18-35(61)19-17-33)57-45(64)38(21-28(4)5)55-46(65)39(22-32-14-12-11-13-15-32)56-44(63)37(20-27(2)3)53-31(9)60/h11-19,25-30,36-42,61H,10,20-24H2,1-9H3,(H2,50,62)(H,51,52)(H,53,60)(H,54,68)(H,55,65)(H,56,63)(H,57,64)(H,58,66)(H,59,67)/t30-,36-,37-,38-,39-,40-,41-,42-/m0/s1. The van der Waals surface area contributed by atoms with Crippen LogP contribution in [0.5, 0.6) is 5.75 Å². The summed E-state index contributed by atoms with van der Waals surface area (Å²) in [4.78, 5) is 116. The zero-order valence-electron chi connectivity index (χ0n) is 40.7. The van der Waals surface area contributed by atoms with Crippen molar-refractivity contribution >= 4 is 47.3 Å². The predicted molar refractivity (Wildman–Crippen MR) is 256 cm³/mol. The summed E-state index contributed by atoms with van der Waals surface area (Å²) in [5.41, 5.74) is 7.46. The zero-order valence-corrected chi connectivity index (χ0v) is 40.7. The number of carbonyl (C=O) groups is 8. The van der Waals surface area contributed by atoms with E-state index < -0.39 is 101 Å². The number of aromatic nitrogens is 2. The van der Waals surface area contributed by atoms with Crippen molar-refractivity contribution in [3.05, 3.63) is 83.9 Å². The van der Waals surface area contributed by atoms with Crippen molar-refractivity contribution in [2.45, 2.75) is 143 Å². The van der Waals surface area contributed by atoms with Crippen LogP contribution in [0.2, 0.25) is 0 Å². The summed E-state index contributed by atoms with van der Waals surface area (Å²) in [6.07, 6.45) is 3.82. The molecule has 19 nitrogen and oxygen atoms in total. The number of nitrogens with two attached hydrogens (primary N) is 1. The van der Waals surface area contributed by atoms with Gasteiger partial charge in [0.1, 0.15) is 48.0 Å². The highest BCUT2D eigenvalue weighted by Crippen LogP contribution is 2.16. The molecule has 68 heavy (non-hydrogen) atoms. The summed E-state index contributed by atoms with van der Waals surface area (Å²) in [6.45, 7) is 15.8. The summed E-state index contributed by atoms with van der Waals surface area (Å²) < 4.78 is 0. The molecule has 0 saturated carbocycles. The van der Waals surface area contributed by atoms with Crippen LogP contribution in [0.4, 0.5) is 0 Å². The molecule has 1 heterocycles. The number of primary amides is 1. The van der Waals surface area contributed by atoms with Crippen molar-refractivity contribution in [1.29, 1.82) is 0 Å². The number of aromatic hydroxyl groups is 1. The monoisotopic (exact) mass is 945 g/mol. The molecule has 0 aliphatic carbocycles. The molecule has 0 spiro atoms. The van der Waals surface area contributed by atoms with Gasteiger partial charge in [-0.1, -0.05) is 104 Å². The number of phenolic OH excluding ortho intramolecular Hbond substituents is 1. The number of aromatic amines is 1. The van der Waals surface area contributed by atoms with Crippen LogP contribution in [-0.4, -0.2) is 105 Å². The highest BCUT2D eigenvalue weighted by atomic mass is 16.3. The fourth-order valence-electron chi connectivity index (χ4n) is 7.44. The number of imidazole rings is 1. The Balaban J connectivity index is 1.92. The maximum Gasteiger partial charge on any atom is 0.243 e. The molecule has 3 rings (SSSR count). The third-order valence-corrected chi connectivity index (χ3v) is 11.3. The average Bonchev–Trinajstić information content (AvgIpc) is 3.79. The fourth-order valence-corrected chi connectivity index (χ4v) is 7.44. The van der Waals surface area contributed by atoms with E-state index in [4.69, 9.17) is 5.73 Å². The summed E-state index contributed by atoms with van der Waals surface area (Å²) in [5.74, 6) is -6.35. The molecule has 0 aliphatic rings. The van der Waals surface area contributed by atoms with Crippen molar-refractivity contribution in [3.8, 4) is 5.75 Å². The molecular weight excluding hydrogens is 873 g/mol. The van der Waals surface area contributed by atoms with Crippen LogP contribution in [0.25, 0.3) is 0 Å². The van der Waals surface area contributed by atoms with Gasteiger partial charge in [-0.15, -0.1) is 0 Å². The molecule has 0 bridgehead atoms. The Morgan fingerprint density at radius 1 is 0.574 bits per heavy atom. The minimum atomic E-state index is -1.32. The van der Waals surface area contributed by atoms with E-state index in [9.17, 15) is 43.5 Å². The number of nitrogens with zero attached hydrogens (tertiary/aromatic N) is 1. The number of hydrogen-bond donors (Lipinski definition) is 10. The van der Waals surface area contributed by atoms with E-state index in [-0.39, 0.29) is 43.3 Å². The van der Waals surface area contributed by atoms with Crippen LogP contribution < -0.4 is 43.0 Å². The molecule has 372 valence electrons. The third-order valence-electron chi connectivity index (χ3n) is 11.3. The third kappa shape index (κ3) is 18.5. The lowest BCUT2D eigenvalue weighted by Gasteiger charge is -2.30. The lowest BCUT2D eigenvalue weighted by atomic mass is 9.95. The highest BCUT2D eigenvalue weighted by molar-refractivity contribution is 5.98. The molecule has 3 aromatic rings. The average molecular weight is 945 g/mol. The number of hydrogen-bond acceptors (Lipinski definition) is 10. The van der Waals surface area contributed by atoms with E-state index in [0.717, 1.165) is 5.56 Å². The van der Waals surface area contributed by atoms with Gasteiger partial charge < -0.3 is 53.0 Å². The van der Waals surface area contributed by atoms with Gasteiger partial charge in [-0.2, -0.15) is 0 Å². The van der Waals surface area contributed by atoms with Gasteiger partial charge in [0.15, 0.2) is 0 Å².